The molecular weight excluding hydrogens is 376 g/mol. The zero-order valence-electron chi connectivity index (χ0n) is 15.9. The number of nitrogens with one attached hydrogen (secondary N) is 2. The molecule has 0 saturated carbocycles. The molecule has 0 radical (unpaired) electrons. The fraction of sp³-hybridized carbons (Fsp3) is 0.333. The molecule has 1 heterocycles. The van der Waals surface area contributed by atoms with Crippen LogP contribution in [-0.4, -0.2) is 26.0 Å². The summed E-state index contributed by atoms with van der Waals surface area (Å²) in [5.41, 5.74) is 2.56. The van der Waals surface area contributed by atoms with E-state index in [0.717, 1.165) is 11.1 Å². The number of benzene rings is 2. The van der Waals surface area contributed by atoms with E-state index in [4.69, 9.17) is 0 Å². The normalized spacial score (nSPS) is 18.6. The minimum Gasteiger partial charge on any atom is -0.349 e. The first-order valence-corrected chi connectivity index (χ1v) is 10.9. The van der Waals surface area contributed by atoms with Crippen molar-refractivity contribution in [3.8, 4) is 0 Å². The molecular formula is C21H24N2O4S. The molecule has 6 nitrogen and oxygen atoms in total. The summed E-state index contributed by atoms with van der Waals surface area (Å²) < 4.78 is 24.5. The van der Waals surface area contributed by atoms with Crippen molar-refractivity contribution in [2.75, 3.05) is 5.75 Å². The number of carbonyl (C=O) groups excluding carboxylic acids is 2. The Bertz CT molecular complexity index is 984. The van der Waals surface area contributed by atoms with E-state index in [1.165, 1.54) is 6.92 Å². The molecule has 2 atom stereocenters. The Morgan fingerprint density at radius 2 is 1.79 bits per heavy atom. The van der Waals surface area contributed by atoms with E-state index in [0.29, 0.717) is 12.0 Å². The average molecular weight is 401 g/mol. The summed E-state index contributed by atoms with van der Waals surface area (Å²) in [5.74, 6) is -0.451. The standard InChI is InChI=1S/C21H24N2O4S/c1-14-7-9-16(10-8-14)19(22-15(2)24)13-21(25)23-18-11-12-28(26,27)20-6-4-3-5-17(18)20/h3-10,18-19H,11-13H2,1-2H3,(H,22,24)(H,23,25)/t18-,19-/m0/s1. The van der Waals surface area contributed by atoms with Crippen LogP contribution in [0.1, 0.15) is 48.5 Å². The molecule has 3 rings (SSSR count). The van der Waals surface area contributed by atoms with Crippen molar-refractivity contribution in [1.29, 1.82) is 0 Å². The molecule has 0 saturated heterocycles. The van der Waals surface area contributed by atoms with E-state index in [1.807, 2.05) is 31.2 Å². The van der Waals surface area contributed by atoms with Crippen LogP contribution in [0.3, 0.4) is 0 Å². The van der Waals surface area contributed by atoms with Gasteiger partial charge < -0.3 is 10.6 Å². The molecule has 2 N–H and O–H groups in total. The lowest BCUT2D eigenvalue weighted by Gasteiger charge is -2.27. The second kappa shape index (κ2) is 8.14. The second-order valence-electron chi connectivity index (χ2n) is 7.13. The number of sulfone groups is 1. The van der Waals surface area contributed by atoms with Crippen LogP contribution in [0.25, 0.3) is 0 Å². The van der Waals surface area contributed by atoms with Gasteiger partial charge >= 0.3 is 0 Å². The lowest BCUT2D eigenvalue weighted by molar-refractivity contribution is -0.123. The van der Waals surface area contributed by atoms with Crippen molar-refractivity contribution in [2.45, 2.75) is 43.7 Å². The fourth-order valence-corrected chi connectivity index (χ4v) is 5.10. The van der Waals surface area contributed by atoms with E-state index in [2.05, 4.69) is 10.6 Å². The van der Waals surface area contributed by atoms with Crippen LogP contribution in [0.2, 0.25) is 0 Å². The van der Waals surface area contributed by atoms with Gasteiger partial charge in [-0.25, -0.2) is 8.42 Å². The SMILES string of the molecule is CC(=O)N[C@@H](CC(=O)N[C@H]1CCS(=O)(=O)c2ccccc21)c1ccc(C)cc1. The molecule has 1 aliphatic rings. The highest BCUT2D eigenvalue weighted by Gasteiger charge is 2.31. The van der Waals surface area contributed by atoms with Crippen molar-refractivity contribution in [3.63, 3.8) is 0 Å². The quantitative estimate of drug-likeness (QED) is 0.807. The second-order valence-corrected chi connectivity index (χ2v) is 9.21. The molecule has 2 aromatic carbocycles. The van der Waals surface area contributed by atoms with Crippen LogP contribution < -0.4 is 10.6 Å². The molecule has 0 fully saturated rings. The molecule has 2 amide bonds. The van der Waals surface area contributed by atoms with Crippen LogP contribution in [0.4, 0.5) is 0 Å². The van der Waals surface area contributed by atoms with E-state index < -0.39 is 15.9 Å². The largest absolute Gasteiger partial charge is 0.349 e. The minimum atomic E-state index is -3.31. The van der Waals surface area contributed by atoms with Crippen molar-refractivity contribution in [3.05, 3.63) is 65.2 Å². The van der Waals surface area contributed by atoms with Gasteiger partial charge in [-0.3, -0.25) is 9.59 Å². The Labute approximate surface area is 165 Å². The lowest BCUT2D eigenvalue weighted by Crippen LogP contribution is -2.37. The summed E-state index contributed by atoms with van der Waals surface area (Å²) in [6.45, 7) is 3.39. The summed E-state index contributed by atoms with van der Waals surface area (Å²) in [6, 6.07) is 13.6. The van der Waals surface area contributed by atoms with Crippen molar-refractivity contribution in [2.24, 2.45) is 0 Å². The molecule has 1 aliphatic heterocycles. The Kier molecular flexibility index (Phi) is 5.84. The number of hydrogen-bond donors (Lipinski definition) is 2. The van der Waals surface area contributed by atoms with Gasteiger partial charge in [-0.2, -0.15) is 0 Å². The number of aryl methyl sites for hydroxylation is 1. The maximum absolute atomic E-state index is 12.7. The smallest absolute Gasteiger partial charge is 0.222 e. The van der Waals surface area contributed by atoms with Gasteiger partial charge in [0.1, 0.15) is 0 Å². The molecule has 0 bridgehead atoms. The van der Waals surface area contributed by atoms with Gasteiger partial charge in [-0.15, -0.1) is 0 Å². The lowest BCUT2D eigenvalue weighted by atomic mass is 10.00. The van der Waals surface area contributed by atoms with Crippen molar-refractivity contribution in [1.82, 2.24) is 10.6 Å². The number of amides is 2. The van der Waals surface area contributed by atoms with Gasteiger partial charge in [0.15, 0.2) is 9.84 Å². The molecule has 148 valence electrons. The van der Waals surface area contributed by atoms with Crippen LogP contribution in [0.5, 0.6) is 0 Å². The van der Waals surface area contributed by atoms with Crippen LogP contribution in [0, 0.1) is 6.92 Å². The molecule has 0 aromatic heterocycles. The van der Waals surface area contributed by atoms with Crippen LogP contribution in [0.15, 0.2) is 53.4 Å². The summed E-state index contributed by atoms with van der Waals surface area (Å²) in [6.07, 6.45) is 0.411. The van der Waals surface area contributed by atoms with Crippen LogP contribution >= 0.6 is 0 Å². The summed E-state index contributed by atoms with van der Waals surface area (Å²) in [4.78, 5) is 24.6. The van der Waals surface area contributed by atoms with Crippen molar-refractivity contribution >= 4 is 21.7 Å². The zero-order chi connectivity index (χ0) is 20.3. The first-order valence-electron chi connectivity index (χ1n) is 9.21. The molecule has 7 heteroatoms. The van der Waals surface area contributed by atoms with E-state index in [9.17, 15) is 18.0 Å². The third kappa shape index (κ3) is 4.59. The maximum Gasteiger partial charge on any atom is 0.222 e. The highest BCUT2D eigenvalue weighted by atomic mass is 32.2. The van der Waals surface area contributed by atoms with Crippen LogP contribution in [-0.2, 0) is 19.4 Å². The Morgan fingerprint density at radius 1 is 1.11 bits per heavy atom. The first kappa shape index (κ1) is 20.1. The Morgan fingerprint density at radius 3 is 2.46 bits per heavy atom. The van der Waals surface area contributed by atoms with E-state index in [-0.39, 0.29) is 34.9 Å². The number of carbonyl (C=O) groups is 2. The summed E-state index contributed by atoms with van der Waals surface area (Å²) in [7, 11) is -3.31. The van der Waals surface area contributed by atoms with Gasteiger partial charge in [0.05, 0.1) is 29.2 Å². The number of hydrogen-bond acceptors (Lipinski definition) is 4. The predicted octanol–water partition coefficient (Wildman–Crippen LogP) is 2.60. The topological polar surface area (TPSA) is 92.3 Å². The first-order chi connectivity index (χ1) is 13.3. The molecule has 0 unspecified atom stereocenters. The Balaban J connectivity index is 1.76. The number of fused-ring (bicyclic) bond motifs is 1. The number of rotatable bonds is 5. The molecule has 0 aliphatic carbocycles. The summed E-state index contributed by atoms with van der Waals surface area (Å²) >= 11 is 0. The predicted molar refractivity (Wildman–Crippen MR) is 106 cm³/mol. The maximum atomic E-state index is 12.7. The van der Waals surface area contributed by atoms with Gasteiger partial charge in [0.25, 0.3) is 0 Å². The van der Waals surface area contributed by atoms with E-state index >= 15 is 0 Å². The third-order valence-corrected chi connectivity index (χ3v) is 6.70. The van der Waals surface area contributed by atoms with Gasteiger partial charge in [0.2, 0.25) is 11.8 Å². The van der Waals surface area contributed by atoms with E-state index in [1.54, 1.807) is 24.3 Å². The van der Waals surface area contributed by atoms with Gasteiger partial charge in [-0.1, -0.05) is 48.0 Å². The fourth-order valence-electron chi connectivity index (χ4n) is 3.48. The average Bonchev–Trinajstić information content (AvgIpc) is 2.64. The minimum absolute atomic E-state index is 0.00203. The van der Waals surface area contributed by atoms with Gasteiger partial charge in [0, 0.05) is 6.92 Å². The Hall–Kier alpha value is -2.67. The molecule has 28 heavy (non-hydrogen) atoms. The highest BCUT2D eigenvalue weighted by Crippen LogP contribution is 2.32. The molecule has 0 spiro atoms. The summed E-state index contributed by atoms with van der Waals surface area (Å²) in [5, 5.41) is 5.76. The molecule has 2 aromatic rings. The highest BCUT2D eigenvalue weighted by molar-refractivity contribution is 7.91. The zero-order valence-corrected chi connectivity index (χ0v) is 16.8. The third-order valence-electron chi connectivity index (χ3n) is 4.89. The monoisotopic (exact) mass is 400 g/mol. The van der Waals surface area contributed by atoms with Gasteiger partial charge in [-0.05, 0) is 30.5 Å². The van der Waals surface area contributed by atoms with Crippen molar-refractivity contribution < 1.29 is 18.0 Å².